The van der Waals surface area contributed by atoms with Crippen molar-refractivity contribution in [3.8, 4) is 5.75 Å². The second-order valence-corrected chi connectivity index (χ2v) is 2.80. The third-order valence-electron chi connectivity index (χ3n) is 1.87. The standard InChI is InChI=1S/C9H12O5/c1-5-9(6(11)4-10)7(13-2)3-8(12)14-5/h3,6,10-11H,4H2,1-2H3. The summed E-state index contributed by atoms with van der Waals surface area (Å²) in [6.07, 6.45) is -1.10. The molecule has 0 fully saturated rings. The first-order valence-corrected chi connectivity index (χ1v) is 4.07. The molecule has 5 nitrogen and oxygen atoms in total. The summed E-state index contributed by atoms with van der Waals surface area (Å²) in [5.41, 5.74) is -0.247. The summed E-state index contributed by atoms with van der Waals surface area (Å²) in [6, 6.07) is 1.13. The van der Waals surface area contributed by atoms with Crippen molar-refractivity contribution < 1.29 is 19.4 Å². The van der Waals surface area contributed by atoms with Crippen molar-refractivity contribution in [2.75, 3.05) is 13.7 Å². The molecule has 0 aliphatic rings. The van der Waals surface area contributed by atoms with Crippen molar-refractivity contribution in [3.63, 3.8) is 0 Å². The lowest BCUT2D eigenvalue weighted by molar-refractivity contribution is 0.0903. The van der Waals surface area contributed by atoms with Crippen LogP contribution in [-0.4, -0.2) is 23.9 Å². The van der Waals surface area contributed by atoms with E-state index in [1.807, 2.05) is 0 Å². The van der Waals surface area contributed by atoms with Gasteiger partial charge in [-0.15, -0.1) is 0 Å². The Morgan fingerprint density at radius 3 is 2.79 bits per heavy atom. The number of aliphatic hydroxyl groups is 2. The molecule has 1 atom stereocenters. The minimum absolute atomic E-state index is 0.223. The van der Waals surface area contributed by atoms with Crippen LogP contribution in [0.5, 0.6) is 5.75 Å². The summed E-state index contributed by atoms with van der Waals surface area (Å²) < 4.78 is 9.67. The van der Waals surface area contributed by atoms with Gasteiger partial charge in [0.05, 0.1) is 25.3 Å². The van der Waals surface area contributed by atoms with Gasteiger partial charge in [-0.25, -0.2) is 4.79 Å². The summed E-state index contributed by atoms with van der Waals surface area (Å²) in [7, 11) is 1.38. The Bertz CT molecular complexity index is 368. The molecule has 2 N–H and O–H groups in total. The molecular formula is C9H12O5. The summed E-state index contributed by atoms with van der Waals surface area (Å²) in [4.78, 5) is 10.9. The lowest BCUT2D eigenvalue weighted by atomic mass is 10.1. The minimum Gasteiger partial charge on any atom is -0.496 e. The predicted octanol–water partition coefficient (Wildman–Crippen LogP) is -0.0175. The van der Waals surface area contributed by atoms with Crippen LogP contribution in [0.1, 0.15) is 17.4 Å². The van der Waals surface area contributed by atoms with Gasteiger partial charge in [-0.3, -0.25) is 0 Å². The highest BCUT2D eigenvalue weighted by atomic mass is 16.5. The van der Waals surface area contributed by atoms with E-state index in [9.17, 15) is 9.90 Å². The zero-order valence-electron chi connectivity index (χ0n) is 7.98. The van der Waals surface area contributed by atoms with Crippen molar-refractivity contribution in [2.45, 2.75) is 13.0 Å². The van der Waals surface area contributed by atoms with Gasteiger partial charge in [0.25, 0.3) is 0 Å². The highest BCUT2D eigenvalue weighted by molar-refractivity contribution is 5.35. The maximum atomic E-state index is 10.9. The van der Waals surface area contributed by atoms with Gasteiger partial charge in [0.2, 0.25) is 0 Å². The number of methoxy groups -OCH3 is 1. The largest absolute Gasteiger partial charge is 0.496 e. The first-order valence-electron chi connectivity index (χ1n) is 4.07. The second kappa shape index (κ2) is 4.26. The molecule has 0 aliphatic heterocycles. The lowest BCUT2D eigenvalue weighted by Crippen LogP contribution is -2.11. The molecule has 0 radical (unpaired) electrons. The molecule has 1 rings (SSSR count). The van der Waals surface area contributed by atoms with E-state index in [0.29, 0.717) is 5.56 Å². The number of aliphatic hydroxyl groups excluding tert-OH is 2. The van der Waals surface area contributed by atoms with Gasteiger partial charge in [0.15, 0.2) is 0 Å². The Morgan fingerprint density at radius 2 is 2.29 bits per heavy atom. The van der Waals surface area contributed by atoms with Crippen LogP contribution in [-0.2, 0) is 0 Å². The number of aryl methyl sites for hydroxylation is 1. The molecule has 0 aromatic carbocycles. The van der Waals surface area contributed by atoms with E-state index in [-0.39, 0.29) is 11.5 Å². The fourth-order valence-electron chi connectivity index (χ4n) is 1.25. The zero-order valence-corrected chi connectivity index (χ0v) is 7.98. The molecule has 1 unspecified atom stereocenters. The normalized spacial score (nSPS) is 12.6. The van der Waals surface area contributed by atoms with Gasteiger partial charge in [-0.05, 0) is 6.92 Å². The third-order valence-corrected chi connectivity index (χ3v) is 1.87. The summed E-state index contributed by atoms with van der Waals surface area (Å²) in [5, 5.41) is 18.2. The lowest BCUT2D eigenvalue weighted by Gasteiger charge is -2.13. The van der Waals surface area contributed by atoms with Gasteiger partial charge in [-0.2, -0.15) is 0 Å². The molecule has 1 heterocycles. The second-order valence-electron chi connectivity index (χ2n) is 2.80. The maximum Gasteiger partial charge on any atom is 0.339 e. The minimum atomic E-state index is -1.10. The van der Waals surface area contributed by atoms with E-state index in [1.54, 1.807) is 0 Å². The molecule has 1 aromatic heterocycles. The van der Waals surface area contributed by atoms with Crippen LogP contribution < -0.4 is 10.4 Å². The Hall–Kier alpha value is -1.33. The van der Waals surface area contributed by atoms with E-state index in [0.717, 1.165) is 6.07 Å². The van der Waals surface area contributed by atoms with E-state index >= 15 is 0 Å². The van der Waals surface area contributed by atoms with Gasteiger partial charge in [0.1, 0.15) is 17.6 Å². The Labute approximate surface area is 80.6 Å². The first kappa shape index (κ1) is 10.7. The topological polar surface area (TPSA) is 79.9 Å². The van der Waals surface area contributed by atoms with E-state index in [2.05, 4.69) is 0 Å². The number of rotatable bonds is 3. The molecule has 14 heavy (non-hydrogen) atoms. The average molecular weight is 200 g/mol. The van der Waals surface area contributed by atoms with Crippen molar-refractivity contribution in [1.82, 2.24) is 0 Å². The van der Waals surface area contributed by atoms with Crippen molar-refractivity contribution in [3.05, 3.63) is 27.8 Å². The summed E-state index contributed by atoms with van der Waals surface area (Å²) in [6.45, 7) is 1.07. The number of hydrogen-bond acceptors (Lipinski definition) is 5. The Balaban J connectivity index is 3.32. The van der Waals surface area contributed by atoms with E-state index in [1.165, 1.54) is 14.0 Å². The first-order chi connectivity index (χ1) is 6.60. The average Bonchev–Trinajstić information content (AvgIpc) is 2.15. The van der Waals surface area contributed by atoms with Crippen LogP contribution >= 0.6 is 0 Å². The maximum absolute atomic E-state index is 10.9. The molecule has 0 amide bonds. The molecule has 78 valence electrons. The molecule has 0 saturated heterocycles. The van der Waals surface area contributed by atoms with Gasteiger partial charge in [-0.1, -0.05) is 0 Å². The number of hydrogen-bond donors (Lipinski definition) is 2. The van der Waals surface area contributed by atoms with Crippen molar-refractivity contribution >= 4 is 0 Å². The van der Waals surface area contributed by atoms with Crippen LogP contribution in [0.3, 0.4) is 0 Å². The van der Waals surface area contributed by atoms with Gasteiger partial charge in [0, 0.05) is 0 Å². The predicted molar refractivity (Wildman–Crippen MR) is 48.3 cm³/mol. The third kappa shape index (κ3) is 1.94. The smallest absolute Gasteiger partial charge is 0.339 e. The zero-order chi connectivity index (χ0) is 10.7. The van der Waals surface area contributed by atoms with Gasteiger partial charge >= 0.3 is 5.63 Å². The molecule has 5 heteroatoms. The molecule has 0 bridgehead atoms. The molecular weight excluding hydrogens is 188 g/mol. The number of ether oxygens (including phenoxy) is 1. The quantitative estimate of drug-likeness (QED) is 0.716. The van der Waals surface area contributed by atoms with Crippen molar-refractivity contribution in [1.29, 1.82) is 0 Å². The monoisotopic (exact) mass is 200 g/mol. The van der Waals surface area contributed by atoms with Gasteiger partial charge < -0.3 is 19.4 Å². The van der Waals surface area contributed by atoms with Crippen LogP contribution in [0.2, 0.25) is 0 Å². The molecule has 0 spiro atoms. The van der Waals surface area contributed by atoms with Crippen LogP contribution in [0.15, 0.2) is 15.3 Å². The molecule has 0 aliphatic carbocycles. The van der Waals surface area contributed by atoms with Crippen LogP contribution in [0, 0.1) is 6.92 Å². The fraction of sp³-hybridized carbons (Fsp3) is 0.444. The van der Waals surface area contributed by atoms with Crippen LogP contribution in [0.25, 0.3) is 0 Å². The molecule has 0 saturated carbocycles. The van der Waals surface area contributed by atoms with Crippen molar-refractivity contribution in [2.24, 2.45) is 0 Å². The highest BCUT2D eigenvalue weighted by Crippen LogP contribution is 2.26. The SMILES string of the molecule is COc1cc(=O)oc(C)c1C(O)CO. The Morgan fingerprint density at radius 1 is 1.64 bits per heavy atom. The molecule has 1 aromatic rings. The summed E-state index contributed by atoms with van der Waals surface area (Å²) >= 11 is 0. The fourth-order valence-corrected chi connectivity index (χ4v) is 1.25. The van der Waals surface area contributed by atoms with Crippen LogP contribution in [0.4, 0.5) is 0 Å². The Kier molecular flexibility index (Phi) is 3.27. The van der Waals surface area contributed by atoms with E-state index < -0.39 is 18.3 Å². The summed E-state index contributed by atoms with van der Waals surface area (Å²) in [5.74, 6) is 0.469. The van der Waals surface area contributed by atoms with E-state index in [4.69, 9.17) is 14.3 Å². The highest BCUT2D eigenvalue weighted by Gasteiger charge is 2.17.